The summed E-state index contributed by atoms with van der Waals surface area (Å²) in [7, 11) is 0. The highest BCUT2D eigenvalue weighted by Gasteiger charge is 2.33. The van der Waals surface area contributed by atoms with Crippen molar-refractivity contribution < 1.29 is 2.74 Å². The molecule has 5 heteroatoms. The van der Waals surface area contributed by atoms with Gasteiger partial charge in [0.1, 0.15) is 0 Å². The van der Waals surface area contributed by atoms with Gasteiger partial charge in [0.25, 0.3) is 0 Å². The highest BCUT2D eigenvalue weighted by molar-refractivity contribution is 8.01. The lowest BCUT2D eigenvalue weighted by Gasteiger charge is -2.32. The highest BCUT2D eigenvalue weighted by atomic mass is 32.2. The second kappa shape index (κ2) is 9.63. The van der Waals surface area contributed by atoms with E-state index in [1.165, 1.54) is 16.6 Å². The van der Waals surface area contributed by atoms with Crippen molar-refractivity contribution in [2.45, 2.75) is 4.90 Å². The van der Waals surface area contributed by atoms with E-state index < -0.39 is 0 Å². The number of rotatable bonds is 2. The standard InChI is InChI=1S/C40H23N3S2/c1-2-13-25(14-3-1)37-29-18-8-10-20-31(29)41-40(42-37)43-38-36(35-26-15-5-4-12-24(26)22-23-33(35)45-43)28-17-7-6-16-27(28)34-30-19-9-11-21-32(30)44-39(34)38/h1-23H/i16D,23D. The molecule has 0 spiro atoms. The van der Waals surface area contributed by atoms with Gasteiger partial charge in [-0.2, -0.15) is 0 Å². The maximum atomic E-state index is 9.31. The first-order valence-corrected chi connectivity index (χ1v) is 16.4. The van der Waals surface area contributed by atoms with Gasteiger partial charge in [0.15, 0.2) is 0 Å². The smallest absolute Gasteiger partial charge is 0.241 e. The molecule has 1 aliphatic heterocycles. The van der Waals surface area contributed by atoms with Gasteiger partial charge >= 0.3 is 0 Å². The molecule has 0 unspecified atom stereocenters. The number of hydrogen-bond acceptors (Lipinski definition) is 5. The topological polar surface area (TPSA) is 29.0 Å². The summed E-state index contributed by atoms with van der Waals surface area (Å²) in [5, 5.41) is 7.25. The zero-order valence-corrected chi connectivity index (χ0v) is 25.4. The summed E-state index contributed by atoms with van der Waals surface area (Å²) in [6.45, 7) is 0. The van der Waals surface area contributed by atoms with Crippen molar-refractivity contribution in [2.24, 2.45) is 0 Å². The van der Waals surface area contributed by atoms with Crippen LogP contribution in [0.2, 0.25) is 0 Å². The van der Waals surface area contributed by atoms with Gasteiger partial charge < -0.3 is 0 Å². The Morgan fingerprint density at radius 3 is 2.22 bits per heavy atom. The Labute approximate surface area is 270 Å². The van der Waals surface area contributed by atoms with Crippen LogP contribution in [0.15, 0.2) is 144 Å². The Bertz CT molecular complexity index is 2760. The molecule has 210 valence electrons. The Kier molecular flexibility index (Phi) is 4.96. The third kappa shape index (κ3) is 3.65. The maximum absolute atomic E-state index is 9.31. The molecule has 9 aromatic rings. The summed E-state index contributed by atoms with van der Waals surface area (Å²) in [5.74, 6) is 0.562. The monoisotopic (exact) mass is 611 g/mol. The van der Waals surface area contributed by atoms with E-state index >= 15 is 0 Å². The lowest BCUT2D eigenvalue weighted by atomic mass is 9.90. The molecular formula is C40H23N3S2. The van der Waals surface area contributed by atoms with Crippen molar-refractivity contribution in [3.05, 3.63) is 139 Å². The second-order valence-electron chi connectivity index (χ2n) is 11.2. The Hall–Kier alpha value is -5.23. The summed E-state index contributed by atoms with van der Waals surface area (Å²) in [4.78, 5) is 11.4. The van der Waals surface area contributed by atoms with E-state index in [9.17, 15) is 2.74 Å². The third-order valence-corrected chi connectivity index (χ3v) is 10.9. The average Bonchev–Trinajstić information content (AvgIpc) is 3.51. The number of hydrogen-bond donors (Lipinski definition) is 0. The van der Waals surface area contributed by atoms with E-state index in [4.69, 9.17) is 9.97 Å². The third-order valence-electron chi connectivity index (χ3n) is 8.69. The number of nitrogens with zero attached hydrogens (tertiary/aromatic N) is 3. The van der Waals surface area contributed by atoms with Gasteiger partial charge in [0.05, 0.1) is 24.3 Å². The second-order valence-corrected chi connectivity index (χ2v) is 13.2. The fourth-order valence-electron chi connectivity index (χ4n) is 6.76. The first-order valence-electron chi connectivity index (χ1n) is 15.9. The van der Waals surface area contributed by atoms with E-state index in [0.717, 1.165) is 80.9 Å². The van der Waals surface area contributed by atoms with Crippen LogP contribution >= 0.6 is 23.3 Å². The van der Waals surface area contributed by atoms with Crippen LogP contribution in [0.25, 0.3) is 75.0 Å². The molecule has 1 aliphatic rings. The molecule has 0 aliphatic carbocycles. The minimum atomic E-state index is 0.454. The summed E-state index contributed by atoms with van der Waals surface area (Å²) in [6, 6.07) is 44.1. The SMILES string of the molecule is [2H]c1cc2ccccc2c2c1SN(c1nc(-c3ccccc3)c3ccccc3n1)c1c-2c2cccc([2H])c2c2c1sc1ccccc12. The summed E-state index contributed by atoms with van der Waals surface area (Å²) >= 11 is 3.27. The normalized spacial score (nSPS) is 13.4. The minimum absolute atomic E-state index is 0.454. The van der Waals surface area contributed by atoms with Crippen LogP contribution < -0.4 is 4.31 Å². The van der Waals surface area contributed by atoms with Crippen molar-refractivity contribution in [1.82, 2.24) is 9.97 Å². The van der Waals surface area contributed by atoms with Crippen LogP contribution in [0.5, 0.6) is 0 Å². The quantitative estimate of drug-likeness (QED) is 0.182. The number of benzene rings is 7. The van der Waals surface area contributed by atoms with Crippen LogP contribution in [0.4, 0.5) is 11.6 Å². The summed E-state index contributed by atoms with van der Waals surface area (Å²) in [6.07, 6.45) is 0. The minimum Gasteiger partial charge on any atom is -0.246 e. The first-order chi connectivity index (χ1) is 23.2. The highest BCUT2D eigenvalue weighted by Crippen LogP contribution is 2.59. The largest absolute Gasteiger partial charge is 0.246 e. The van der Waals surface area contributed by atoms with E-state index in [1.807, 2.05) is 60.7 Å². The lowest BCUT2D eigenvalue weighted by Crippen LogP contribution is -2.16. The van der Waals surface area contributed by atoms with E-state index in [1.54, 1.807) is 11.3 Å². The molecular weight excluding hydrogens is 587 g/mol. The molecule has 0 saturated heterocycles. The lowest BCUT2D eigenvalue weighted by molar-refractivity contribution is 1.17. The van der Waals surface area contributed by atoms with Crippen molar-refractivity contribution in [3.8, 4) is 22.4 Å². The molecule has 3 nitrogen and oxygen atoms in total. The van der Waals surface area contributed by atoms with Crippen molar-refractivity contribution >= 4 is 87.5 Å². The molecule has 0 radical (unpaired) electrons. The van der Waals surface area contributed by atoms with Crippen LogP contribution in [0.1, 0.15) is 2.74 Å². The molecule has 0 amide bonds. The predicted molar refractivity (Wildman–Crippen MR) is 193 cm³/mol. The van der Waals surface area contributed by atoms with Crippen LogP contribution in [-0.2, 0) is 0 Å². The number of anilines is 2. The van der Waals surface area contributed by atoms with Gasteiger partial charge in [0, 0.05) is 42.4 Å². The number of para-hydroxylation sites is 1. The summed E-state index contributed by atoms with van der Waals surface area (Å²) in [5.41, 5.74) is 5.79. The average molecular weight is 612 g/mol. The van der Waals surface area contributed by atoms with Crippen LogP contribution in [0.3, 0.4) is 0 Å². The molecule has 0 bridgehead atoms. The summed E-state index contributed by atoms with van der Waals surface area (Å²) < 4.78 is 22.9. The van der Waals surface area contributed by atoms with Gasteiger partial charge in [-0.1, -0.05) is 121 Å². The zero-order chi connectivity index (χ0) is 31.2. The molecule has 3 heterocycles. The molecule has 0 saturated carbocycles. The predicted octanol–water partition coefficient (Wildman–Crippen LogP) is 11.8. The van der Waals surface area contributed by atoms with Crippen molar-refractivity contribution in [2.75, 3.05) is 4.31 Å². The zero-order valence-electron chi connectivity index (χ0n) is 25.8. The van der Waals surface area contributed by atoms with E-state index in [-0.39, 0.29) is 0 Å². The van der Waals surface area contributed by atoms with E-state index in [2.05, 4.69) is 71.0 Å². The molecule has 7 aromatic carbocycles. The molecule has 10 rings (SSSR count). The molecule has 0 fully saturated rings. The molecule has 2 aromatic heterocycles. The number of thiophene rings is 1. The number of fused-ring (bicyclic) bond motifs is 13. The van der Waals surface area contributed by atoms with Crippen molar-refractivity contribution in [1.29, 1.82) is 0 Å². The van der Waals surface area contributed by atoms with E-state index in [0.29, 0.717) is 18.0 Å². The fourth-order valence-corrected chi connectivity index (χ4v) is 9.10. The first kappa shape index (κ1) is 23.2. The maximum Gasteiger partial charge on any atom is 0.241 e. The number of aromatic nitrogens is 2. The Balaban J connectivity index is 1.41. The molecule has 0 N–H and O–H groups in total. The Morgan fingerprint density at radius 2 is 1.31 bits per heavy atom. The molecule has 0 atom stereocenters. The van der Waals surface area contributed by atoms with Crippen LogP contribution in [0, 0.1) is 0 Å². The van der Waals surface area contributed by atoms with Gasteiger partial charge in [0.2, 0.25) is 5.95 Å². The fraction of sp³-hybridized carbons (Fsp3) is 0. The Morgan fingerprint density at radius 1 is 0.578 bits per heavy atom. The van der Waals surface area contributed by atoms with Gasteiger partial charge in [-0.25, -0.2) is 14.3 Å². The van der Waals surface area contributed by atoms with Gasteiger partial charge in [-0.15, -0.1) is 11.3 Å². The van der Waals surface area contributed by atoms with Gasteiger partial charge in [-0.3, -0.25) is 0 Å². The van der Waals surface area contributed by atoms with Crippen molar-refractivity contribution in [3.63, 3.8) is 0 Å². The van der Waals surface area contributed by atoms with Crippen LogP contribution in [-0.4, -0.2) is 9.97 Å². The van der Waals surface area contributed by atoms with Gasteiger partial charge in [-0.05, 0) is 51.7 Å². The molecule has 45 heavy (non-hydrogen) atoms.